The fourth-order valence-corrected chi connectivity index (χ4v) is 1.41. The van der Waals surface area contributed by atoms with Gasteiger partial charge in [0, 0.05) is 11.1 Å². The highest BCUT2D eigenvalue weighted by Gasteiger charge is 2.03. The second-order valence-corrected chi connectivity index (χ2v) is 3.73. The summed E-state index contributed by atoms with van der Waals surface area (Å²) in [7, 11) is 0. The van der Waals surface area contributed by atoms with Gasteiger partial charge in [0.25, 0.3) is 5.91 Å². The van der Waals surface area contributed by atoms with Crippen LogP contribution in [0.4, 0.5) is 8.78 Å². The highest BCUT2D eigenvalue weighted by molar-refractivity contribution is 5.94. The van der Waals surface area contributed by atoms with Gasteiger partial charge in [0.2, 0.25) is 0 Å². The fraction of sp³-hybridized carbons (Fsp3) is 0. The predicted octanol–water partition coefficient (Wildman–Crippen LogP) is 2.73. The maximum Gasteiger partial charge on any atom is 0.271 e. The molecule has 3 nitrogen and oxygen atoms in total. The third-order valence-electron chi connectivity index (χ3n) is 2.38. The van der Waals surface area contributed by atoms with Crippen molar-refractivity contribution >= 4 is 12.1 Å². The number of benzene rings is 2. The summed E-state index contributed by atoms with van der Waals surface area (Å²) in [6.07, 6.45) is 1.21. The van der Waals surface area contributed by atoms with E-state index < -0.39 is 17.5 Å². The second-order valence-electron chi connectivity index (χ2n) is 3.73. The number of halogens is 2. The summed E-state index contributed by atoms with van der Waals surface area (Å²) in [6.45, 7) is 0. The normalized spacial score (nSPS) is 10.6. The Hall–Kier alpha value is -2.56. The summed E-state index contributed by atoms with van der Waals surface area (Å²) in [4.78, 5) is 11.6. The van der Waals surface area contributed by atoms with Crippen molar-refractivity contribution < 1.29 is 13.6 Å². The van der Waals surface area contributed by atoms with Gasteiger partial charge in [-0.05, 0) is 30.3 Å². The van der Waals surface area contributed by atoms with Crippen LogP contribution in [0.5, 0.6) is 0 Å². The molecule has 0 aromatic heterocycles. The number of carbonyl (C=O) groups is 1. The van der Waals surface area contributed by atoms with Gasteiger partial charge in [0.05, 0.1) is 6.21 Å². The molecule has 0 spiro atoms. The van der Waals surface area contributed by atoms with Gasteiger partial charge >= 0.3 is 0 Å². The zero-order valence-corrected chi connectivity index (χ0v) is 9.81. The van der Waals surface area contributed by atoms with Crippen LogP contribution in [0.1, 0.15) is 15.9 Å². The summed E-state index contributed by atoms with van der Waals surface area (Å²) in [5.41, 5.74) is 2.77. The molecule has 1 amide bonds. The van der Waals surface area contributed by atoms with Gasteiger partial charge in [-0.2, -0.15) is 5.10 Å². The standard InChI is InChI=1S/C14H10F2N2O/c15-12-7-5-10(6-8-12)14(19)18-17-9-11-3-1-2-4-13(11)16/h1-9H,(H,18,19)/b17-9-. The van der Waals surface area contributed by atoms with E-state index in [1.165, 1.54) is 42.6 Å². The number of hydrazone groups is 1. The lowest BCUT2D eigenvalue weighted by Crippen LogP contribution is -2.17. The Labute approximate surface area is 108 Å². The number of nitrogens with one attached hydrogen (secondary N) is 1. The van der Waals surface area contributed by atoms with E-state index in [9.17, 15) is 13.6 Å². The zero-order valence-electron chi connectivity index (χ0n) is 9.81. The average Bonchev–Trinajstić information content (AvgIpc) is 2.41. The van der Waals surface area contributed by atoms with Crippen LogP contribution in [0.3, 0.4) is 0 Å². The van der Waals surface area contributed by atoms with Gasteiger partial charge in [-0.1, -0.05) is 18.2 Å². The van der Waals surface area contributed by atoms with E-state index in [0.29, 0.717) is 0 Å². The third kappa shape index (κ3) is 3.45. The molecule has 0 unspecified atom stereocenters. The Morgan fingerprint density at radius 2 is 1.74 bits per heavy atom. The summed E-state index contributed by atoms with van der Waals surface area (Å²) >= 11 is 0. The molecule has 0 saturated heterocycles. The highest BCUT2D eigenvalue weighted by Crippen LogP contribution is 2.04. The summed E-state index contributed by atoms with van der Waals surface area (Å²) < 4.78 is 25.9. The molecule has 0 atom stereocenters. The molecule has 0 fully saturated rings. The first-order valence-corrected chi connectivity index (χ1v) is 5.50. The van der Waals surface area contributed by atoms with Crippen molar-refractivity contribution in [1.29, 1.82) is 0 Å². The van der Waals surface area contributed by atoms with Gasteiger partial charge in [0.1, 0.15) is 11.6 Å². The van der Waals surface area contributed by atoms with Crippen LogP contribution >= 0.6 is 0 Å². The molecular weight excluding hydrogens is 250 g/mol. The summed E-state index contributed by atoms with van der Waals surface area (Å²) in [6, 6.07) is 11.1. The molecule has 1 N–H and O–H groups in total. The van der Waals surface area contributed by atoms with Crippen LogP contribution in [0, 0.1) is 11.6 Å². The first-order valence-electron chi connectivity index (χ1n) is 5.50. The van der Waals surface area contributed by atoms with Crippen molar-refractivity contribution in [3.63, 3.8) is 0 Å². The Kier molecular flexibility index (Phi) is 3.97. The van der Waals surface area contributed by atoms with Gasteiger partial charge in [0.15, 0.2) is 0 Å². The molecule has 0 saturated carbocycles. The van der Waals surface area contributed by atoms with E-state index in [1.54, 1.807) is 12.1 Å². The number of carbonyl (C=O) groups excluding carboxylic acids is 1. The van der Waals surface area contributed by atoms with Crippen molar-refractivity contribution in [1.82, 2.24) is 5.43 Å². The van der Waals surface area contributed by atoms with Crippen LogP contribution < -0.4 is 5.43 Å². The number of amides is 1. The minimum atomic E-state index is -0.493. The molecule has 2 aromatic rings. The maximum atomic E-state index is 13.2. The quantitative estimate of drug-likeness (QED) is 0.669. The SMILES string of the molecule is O=C(N/N=C\c1ccccc1F)c1ccc(F)cc1. The maximum absolute atomic E-state index is 13.2. The van der Waals surface area contributed by atoms with Gasteiger partial charge in [-0.3, -0.25) is 4.79 Å². The highest BCUT2D eigenvalue weighted by atomic mass is 19.1. The van der Waals surface area contributed by atoms with Crippen molar-refractivity contribution in [2.75, 3.05) is 0 Å². The number of nitrogens with zero attached hydrogens (tertiary/aromatic N) is 1. The molecule has 0 aliphatic rings. The van der Waals surface area contributed by atoms with Crippen LogP contribution in [0.2, 0.25) is 0 Å². The molecular formula is C14H10F2N2O. The van der Waals surface area contributed by atoms with Crippen molar-refractivity contribution in [3.8, 4) is 0 Å². The molecule has 2 aromatic carbocycles. The molecule has 0 aliphatic heterocycles. The van der Waals surface area contributed by atoms with Crippen LogP contribution in [0.25, 0.3) is 0 Å². The molecule has 19 heavy (non-hydrogen) atoms. The largest absolute Gasteiger partial charge is 0.271 e. The molecule has 0 heterocycles. The van der Waals surface area contributed by atoms with Crippen LogP contribution in [0.15, 0.2) is 53.6 Å². The van der Waals surface area contributed by atoms with Crippen LogP contribution in [-0.4, -0.2) is 12.1 Å². The average molecular weight is 260 g/mol. The lowest BCUT2D eigenvalue weighted by molar-refractivity contribution is 0.0955. The van der Waals surface area contributed by atoms with Gasteiger partial charge < -0.3 is 0 Å². The van der Waals surface area contributed by atoms with Crippen molar-refractivity contribution in [2.45, 2.75) is 0 Å². The van der Waals surface area contributed by atoms with Crippen molar-refractivity contribution in [2.24, 2.45) is 5.10 Å². The Morgan fingerprint density at radius 3 is 2.42 bits per heavy atom. The zero-order chi connectivity index (χ0) is 13.7. The summed E-state index contributed by atoms with van der Waals surface area (Å²) in [5, 5.41) is 3.64. The molecule has 96 valence electrons. The topological polar surface area (TPSA) is 41.5 Å². The third-order valence-corrected chi connectivity index (χ3v) is 2.38. The predicted molar refractivity (Wildman–Crippen MR) is 67.9 cm³/mol. The lowest BCUT2D eigenvalue weighted by atomic mass is 10.2. The van der Waals surface area contributed by atoms with Crippen molar-refractivity contribution in [3.05, 3.63) is 71.3 Å². The first kappa shape index (κ1) is 12.9. The number of hydrogen-bond donors (Lipinski definition) is 1. The fourth-order valence-electron chi connectivity index (χ4n) is 1.41. The summed E-state index contributed by atoms with van der Waals surface area (Å²) in [5.74, 6) is -1.35. The van der Waals surface area contributed by atoms with E-state index in [1.807, 2.05) is 0 Å². The monoisotopic (exact) mass is 260 g/mol. The molecule has 0 radical (unpaired) electrons. The molecule has 0 aliphatic carbocycles. The number of hydrogen-bond acceptors (Lipinski definition) is 2. The smallest absolute Gasteiger partial charge is 0.267 e. The number of rotatable bonds is 3. The Balaban J connectivity index is 2.01. The van der Waals surface area contributed by atoms with Gasteiger partial charge in [-0.15, -0.1) is 0 Å². The minimum absolute atomic E-state index is 0.266. The molecule has 5 heteroatoms. The van der Waals surface area contributed by atoms with Crippen LogP contribution in [-0.2, 0) is 0 Å². The first-order chi connectivity index (χ1) is 9.16. The molecule has 2 rings (SSSR count). The minimum Gasteiger partial charge on any atom is -0.267 e. The van der Waals surface area contributed by atoms with E-state index in [0.717, 1.165) is 0 Å². The lowest BCUT2D eigenvalue weighted by Gasteiger charge is -1.99. The van der Waals surface area contributed by atoms with Gasteiger partial charge in [-0.25, -0.2) is 14.2 Å². The van der Waals surface area contributed by atoms with E-state index in [4.69, 9.17) is 0 Å². The Morgan fingerprint density at radius 1 is 1.05 bits per heavy atom. The van der Waals surface area contributed by atoms with E-state index in [-0.39, 0.29) is 11.1 Å². The Bertz CT molecular complexity index is 609. The molecule has 0 bridgehead atoms. The second kappa shape index (κ2) is 5.86. The van der Waals surface area contributed by atoms with E-state index in [2.05, 4.69) is 10.5 Å². The van der Waals surface area contributed by atoms with E-state index >= 15 is 0 Å².